The maximum atomic E-state index is 14.2. The molecule has 1 saturated heterocycles. The van der Waals surface area contributed by atoms with Crippen LogP contribution in [0.1, 0.15) is 17.2 Å². The first kappa shape index (κ1) is 17.8. The average molecular weight is 383 g/mol. The van der Waals surface area contributed by atoms with E-state index in [2.05, 4.69) is 5.32 Å². The number of carbonyl (C=O) groups is 1. The molecule has 1 amide bonds. The van der Waals surface area contributed by atoms with Gasteiger partial charge in [-0.2, -0.15) is 4.31 Å². The number of carbonyl (C=O) groups excluding carboxylic acids is 1. The lowest BCUT2D eigenvalue weighted by Crippen LogP contribution is -2.52. The van der Waals surface area contributed by atoms with E-state index < -0.39 is 27.8 Å². The Labute approximate surface area is 150 Å². The molecule has 25 heavy (non-hydrogen) atoms. The van der Waals surface area contributed by atoms with E-state index in [1.54, 1.807) is 30.3 Å². The number of nitrogens with zero attached hydrogens (tertiary/aromatic N) is 1. The quantitative estimate of drug-likeness (QED) is 0.883. The van der Waals surface area contributed by atoms with Crippen LogP contribution in [0.15, 0.2) is 48.5 Å². The second kappa shape index (κ2) is 7.11. The highest BCUT2D eigenvalue weighted by Crippen LogP contribution is 2.29. The molecular weight excluding hydrogens is 367 g/mol. The van der Waals surface area contributed by atoms with Gasteiger partial charge in [-0.05, 0) is 23.8 Å². The minimum atomic E-state index is -3.83. The molecule has 0 aliphatic carbocycles. The van der Waals surface area contributed by atoms with Gasteiger partial charge in [0.15, 0.2) is 0 Å². The Morgan fingerprint density at radius 3 is 2.52 bits per heavy atom. The van der Waals surface area contributed by atoms with Crippen LogP contribution >= 0.6 is 11.6 Å². The zero-order chi connectivity index (χ0) is 18.0. The van der Waals surface area contributed by atoms with Gasteiger partial charge >= 0.3 is 0 Å². The molecule has 2 aromatic rings. The number of hydrogen-bond donors (Lipinski definition) is 1. The van der Waals surface area contributed by atoms with Crippen molar-refractivity contribution in [2.24, 2.45) is 0 Å². The van der Waals surface area contributed by atoms with Crippen molar-refractivity contribution in [1.82, 2.24) is 9.62 Å². The van der Waals surface area contributed by atoms with Crippen molar-refractivity contribution in [1.29, 1.82) is 0 Å². The standard InChI is InChI=1S/C17H16ClFN2O3S/c18-13-7-5-12(6-8-13)11-25(23,24)21-10-9-20-17(22)16(21)14-3-1-2-4-15(14)19/h1-8,16H,9-11H2,(H,20,22). The summed E-state index contributed by atoms with van der Waals surface area (Å²) in [7, 11) is -3.83. The lowest BCUT2D eigenvalue weighted by Gasteiger charge is -2.34. The summed E-state index contributed by atoms with van der Waals surface area (Å²) in [5, 5.41) is 3.10. The molecule has 1 fully saturated rings. The van der Waals surface area contributed by atoms with Gasteiger partial charge in [0.1, 0.15) is 11.9 Å². The van der Waals surface area contributed by atoms with Crippen LogP contribution < -0.4 is 5.32 Å². The molecule has 1 heterocycles. The molecule has 0 radical (unpaired) electrons. The first-order chi connectivity index (χ1) is 11.9. The summed E-state index contributed by atoms with van der Waals surface area (Å²) in [6.07, 6.45) is 0. The van der Waals surface area contributed by atoms with Crippen LogP contribution in [0.4, 0.5) is 4.39 Å². The highest BCUT2D eigenvalue weighted by molar-refractivity contribution is 7.88. The van der Waals surface area contributed by atoms with Gasteiger partial charge in [0.25, 0.3) is 0 Å². The molecule has 5 nitrogen and oxygen atoms in total. The maximum absolute atomic E-state index is 14.2. The second-order valence-electron chi connectivity index (χ2n) is 5.71. The van der Waals surface area contributed by atoms with E-state index in [1.165, 1.54) is 18.2 Å². The Hall–Kier alpha value is -1.96. The molecule has 0 aromatic heterocycles. The largest absolute Gasteiger partial charge is 0.353 e. The maximum Gasteiger partial charge on any atom is 0.243 e. The average Bonchev–Trinajstić information content (AvgIpc) is 2.57. The highest BCUT2D eigenvalue weighted by Gasteiger charge is 2.39. The number of sulfonamides is 1. The summed E-state index contributed by atoms with van der Waals surface area (Å²) in [4.78, 5) is 12.3. The Bertz CT molecular complexity index is 887. The van der Waals surface area contributed by atoms with Crippen LogP contribution in [0, 0.1) is 5.82 Å². The Kier molecular flexibility index (Phi) is 5.08. The van der Waals surface area contributed by atoms with Gasteiger partial charge in [0.05, 0.1) is 5.75 Å². The van der Waals surface area contributed by atoms with Crippen molar-refractivity contribution < 1.29 is 17.6 Å². The van der Waals surface area contributed by atoms with E-state index in [4.69, 9.17) is 11.6 Å². The first-order valence-electron chi connectivity index (χ1n) is 7.64. The molecule has 0 bridgehead atoms. The number of piperazine rings is 1. The molecule has 1 unspecified atom stereocenters. The molecule has 1 aliphatic rings. The summed E-state index contributed by atoms with van der Waals surface area (Å²) in [5.41, 5.74) is 0.585. The van der Waals surface area contributed by atoms with E-state index in [1.807, 2.05) is 0 Å². The Morgan fingerprint density at radius 1 is 1.16 bits per heavy atom. The lowest BCUT2D eigenvalue weighted by molar-refractivity contribution is -0.127. The van der Waals surface area contributed by atoms with Crippen LogP contribution in [-0.2, 0) is 20.6 Å². The zero-order valence-corrected chi connectivity index (χ0v) is 14.7. The van der Waals surface area contributed by atoms with Crippen molar-refractivity contribution in [2.75, 3.05) is 13.1 Å². The van der Waals surface area contributed by atoms with Gasteiger partial charge in [-0.3, -0.25) is 4.79 Å². The smallest absolute Gasteiger partial charge is 0.243 e. The van der Waals surface area contributed by atoms with Crippen molar-refractivity contribution in [2.45, 2.75) is 11.8 Å². The van der Waals surface area contributed by atoms with Gasteiger partial charge in [0.2, 0.25) is 15.9 Å². The van der Waals surface area contributed by atoms with Gasteiger partial charge in [0, 0.05) is 23.7 Å². The molecule has 0 saturated carbocycles. The Balaban J connectivity index is 1.95. The monoisotopic (exact) mass is 382 g/mol. The number of hydrogen-bond acceptors (Lipinski definition) is 3. The number of amides is 1. The fourth-order valence-corrected chi connectivity index (χ4v) is 4.62. The molecule has 8 heteroatoms. The second-order valence-corrected chi connectivity index (χ2v) is 8.07. The molecule has 2 aromatic carbocycles. The molecule has 3 rings (SSSR count). The minimum Gasteiger partial charge on any atom is -0.353 e. The third kappa shape index (κ3) is 3.84. The van der Waals surface area contributed by atoms with Crippen LogP contribution in [-0.4, -0.2) is 31.7 Å². The van der Waals surface area contributed by atoms with E-state index in [9.17, 15) is 17.6 Å². The fraction of sp³-hybridized carbons (Fsp3) is 0.235. The zero-order valence-electron chi connectivity index (χ0n) is 13.2. The minimum absolute atomic E-state index is 0.0411. The van der Waals surface area contributed by atoms with Crippen molar-refractivity contribution >= 4 is 27.5 Å². The van der Waals surface area contributed by atoms with Gasteiger partial charge < -0.3 is 5.32 Å². The van der Waals surface area contributed by atoms with Crippen LogP contribution in [0.25, 0.3) is 0 Å². The molecule has 1 N–H and O–H groups in total. The molecular formula is C17H16ClFN2O3S. The third-order valence-corrected chi connectivity index (χ3v) is 6.05. The predicted molar refractivity (Wildman–Crippen MR) is 92.9 cm³/mol. The normalized spacial score (nSPS) is 18.8. The van der Waals surface area contributed by atoms with E-state index in [0.717, 1.165) is 4.31 Å². The predicted octanol–water partition coefficient (Wildman–Crippen LogP) is 2.48. The van der Waals surface area contributed by atoms with Crippen LogP contribution in [0.3, 0.4) is 0 Å². The number of halogens is 2. The number of rotatable bonds is 4. The summed E-state index contributed by atoms with van der Waals surface area (Å²) in [6, 6.07) is 10.9. The lowest BCUT2D eigenvalue weighted by atomic mass is 10.0. The first-order valence-corrected chi connectivity index (χ1v) is 9.63. The molecule has 1 aliphatic heterocycles. The summed E-state index contributed by atoms with van der Waals surface area (Å²) in [6.45, 7) is 0.268. The summed E-state index contributed by atoms with van der Waals surface area (Å²) < 4.78 is 41.0. The van der Waals surface area contributed by atoms with Gasteiger partial charge in [-0.25, -0.2) is 12.8 Å². The Morgan fingerprint density at radius 2 is 1.84 bits per heavy atom. The van der Waals surface area contributed by atoms with E-state index >= 15 is 0 Å². The number of benzene rings is 2. The van der Waals surface area contributed by atoms with Crippen molar-refractivity contribution in [3.05, 3.63) is 70.5 Å². The van der Waals surface area contributed by atoms with Crippen molar-refractivity contribution in [3.63, 3.8) is 0 Å². The summed E-state index contributed by atoms with van der Waals surface area (Å²) in [5.74, 6) is -1.44. The fourth-order valence-electron chi connectivity index (χ4n) is 2.81. The van der Waals surface area contributed by atoms with Gasteiger partial charge in [-0.15, -0.1) is 0 Å². The van der Waals surface area contributed by atoms with Crippen molar-refractivity contribution in [3.8, 4) is 0 Å². The molecule has 132 valence electrons. The van der Waals surface area contributed by atoms with Crippen LogP contribution in [0.2, 0.25) is 5.02 Å². The molecule has 0 spiro atoms. The molecule has 1 atom stereocenters. The third-order valence-electron chi connectivity index (χ3n) is 3.99. The van der Waals surface area contributed by atoms with E-state index in [-0.39, 0.29) is 24.4 Å². The van der Waals surface area contributed by atoms with Crippen LogP contribution in [0.5, 0.6) is 0 Å². The van der Waals surface area contributed by atoms with Gasteiger partial charge in [-0.1, -0.05) is 41.9 Å². The highest BCUT2D eigenvalue weighted by atomic mass is 35.5. The SMILES string of the molecule is O=C1NCCN(S(=O)(=O)Cc2ccc(Cl)cc2)C1c1ccccc1F. The number of nitrogens with one attached hydrogen (secondary N) is 1. The summed E-state index contributed by atoms with van der Waals surface area (Å²) >= 11 is 5.82. The topological polar surface area (TPSA) is 66.5 Å². The van der Waals surface area contributed by atoms with E-state index in [0.29, 0.717) is 10.6 Å².